The van der Waals surface area contributed by atoms with E-state index in [9.17, 15) is 9.18 Å². The summed E-state index contributed by atoms with van der Waals surface area (Å²) in [5.41, 5.74) is 0. The van der Waals surface area contributed by atoms with E-state index in [1.54, 1.807) is 6.92 Å². The Bertz CT molecular complexity index is 303. The van der Waals surface area contributed by atoms with E-state index >= 15 is 0 Å². The van der Waals surface area contributed by atoms with Crippen LogP contribution in [0.15, 0.2) is 11.9 Å². The first-order valence-electron chi connectivity index (χ1n) is 4.91. The van der Waals surface area contributed by atoms with Crippen LogP contribution < -0.4 is 5.32 Å². The molecule has 0 aliphatic carbocycles. The standard InChI is InChI=1S/C10H18AsFN2O2/c1-7(13)14-6-8(12)4-3-5-10(2,11)9(15)16/h4H,3,5-6,11H2,1-2H3,(H2,13,14)(H,15,16)/b8-4-/t10-/m0/s1. The van der Waals surface area contributed by atoms with Crippen LogP contribution >= 0.6 is 0 Å². The summed E-state index contributed by atoms with van der Waals surface area (Å²) in [4.78, 5) is 10.8. The maximum absolute atomic E-state index is 13.1. The van der Waals surface area contributed by atoms with Gasteiger partial charge in [0, 0.05) is 0 Å². The average Bonchev–Trinajstić information content (AvgIpc) is 2.14. The van der Waals surface area contributed by atoms with Crippen molar-refractivity contribution in [3.05, 3.63) is 11.9 Å². The number of carbonyl (C=O) groups is 1. The van der Waals surface area contributed by atoms with Gasteiger partial charge < -0.3 is 0 Å². The van der Waals surface area contributed by atoms with Crippen molar-refractivity contribution in [2.45, 2.75) is 30.9 Å². The molecule has 0 aromatic heterocycles. The number of hydrogen-bond acceptors (Lipinski definition) is 2. The van der Waals surface area contributed by atoms with Gasteiger partial charge in [-0.1, -0.05) is 0 Å². The Morgan fingerprint density at radius 2 is 2.25 bits per heavy atom. The van der Waals surface area contributed by atoms with Crippen molar-refractivity contribution < 1.29 is 14.3 Å². The Labute approximate surface area is 103 Å². The first-order valence-corrected chi connectivity index (χ1v) is 6.12. The molecule has 0 aromatic rings. The van der Waals surface area contributed by atoms with Crippen LogP contribution in [-0.2, 0) is 4.79 Å². The molecular formula is C10H18AsFN2O2. The summed E-state index contributed by atoms with van der Waals surface area (Å²) in [6, 6.07) is 0. The second-order valence-corrected chi connectivity index (χ2v) is 6.56. The molecule has 1 unspecified atom stereocenters. The van der Waals surface area contributed by atoms with E-state index in [1.807, 2.05) is 0 Å². The van der Waals surface area contributed by atoms with Crippen LogP contribution in [-0.4, -0.2) is 40.3 Å². The molecule has 6 heteroatoms. The van der Waals surface area contributed by atoms with Gasteiger partial charge in [-0.2, -0.15) is 0 Å². The van der Waals surface area contributed by atoms with Crippen LogP contribution in [0.1, 0.15) is 26.7 Å². The fourth-order valence-corrected chi connectivity index (χ4v) is 1.27. The van der Waals surface area contributed by atoms with Crippen molar-refractivity contribution in [3.63, 3.8) is 0 Å². The van der Waals surface area contributed by atoms with E-state index in [2.05, 4.69) is 5.32 Å². The molecule has 92 valence electrons. The SMILES string of the molecule is CC(=N)NC/C(F)=C/CC[C@](C)([AsH2])C(=O)O. The molecular weight excluding hydrogens is 274 g/mol. The summed E-state index contributed by atoms with van der Waals surface area (Å²) in [6.45, 7) is 3.17. The predicted octanol–water partition coefficient (Wildman–Crippen LogP) is 1.10. The molecule has 0 saturated heterocycles. The first-order chi connectivity index (χ1) is 7.25. The molecule has 0 aliphatic rings. The maximum atomic E-state index is 13.1. The molecule has 0 saturated carbocycles. The minimum absolute atomic E-state index is 0.00598. The molecule has 0 aromatic carbocycles. The van der Waals surface area contributed by atoms with Gasteiger partial charge in [0.2, 0.25) is 0 Å². The van der Waals surface area contributed by atoms with E-state index in [4.69, 9.17) is 10.5 Å². The van der Waals surface area contributed by atoms with Crippen molar-refractivity contribution in [1.82, 2.24) is 5.32 Å². The van der Waals surface area contributed by atoms with Crippen LogP contribution in [0.25, 0.3) is 0 Å². The van der Waals surface area contributed by atoms with Crippen molar-refractivity contribution >= 4 is 28.7 Å². The van der Waals surface area contributed by atoms with Crippen LogP contribution in [0.4, 0.5) is 4.39 Å². The molecule has 0 aliphatic heterocycles. The summed E-state index contributed by atoms with van der Waals surface area (Å²) >= 11 is 1.13. The quantitative estimate of drug-likeness (QED) is 0.390. The summed E-state index contributed by atoms with van der Waals surface area (Å²) in [5.74, 6) is -1.01. The minimum atomic E-state index is -0.852. The van der Waals surface area contributed by atoms with E-state index in [-0.39, 0.29) is 18.2 Å². The Kier molecular flexibility index (Phi) is 6.34. The molecule has 0 spiro atoms. The van der Waals surface area contributed by atoms with E-state index in [0.717, 1.165) is 16.9 Å². The van der Waals surface area contributed by atoms with Gasteiger partial charge in [0.15, 0.2) is 0 Å². The second-order valence-electron chi connectivity index (χ2n) is 3.89. The van der Waals surface area contributed by atoms with Gasteiger partial charge in [-0.3, -0.25) is 0 Å². The van der Waals surface area contributed by atoms with Crippen molar-refractivity contribution in [3.8, 4) is 0 Å². The molecule has 0 bridgehead atoms. The van der Waals surface area contributed by atoms with Crippen LogP contribution in [0.3, 0.4) is 0 Å². The predicted molar refractivity (Wildman–Crippen MR) is 64.4 cm³/mol. The topological polar surface area (TPSA) is 73.2 Å². The number of rotatable bonds is 6. The number of hydrogen-bond donors (Lipinski definition) is 3. The van der Waals surface area contributed by atoms with E-state index < -0.39 is 10.2 Å². The Hall–Kier alpha value is -0.832. The summed E-state index contributed by atoms with van der Waals surface area (Å²) < 4.78 is 12.3. The molecule has 4 nitrogen and oxygen atoms in total. The zero-order valence-electron chi connectivity index (χ0n) is 9.51. The zero-order valence-corrected chi connectivity index (χ0v) is 11.9. The van der Waals surface area contributed by atoms with Gasteiger partial charge in [-0.05, 0) is 0 Å². The van der Waals surface area contributed by atoms with Crippen molar-refractivity contribution in [1.29, 1.82) is 5.41 Å². The normalized spacial score (nSPS) is 15.4. The van der Waals surface area contributed by atoms with Crippen LogP contribution in [0.2, 0.25) is 4.20 Å². The van der Waals surface area contributed by atoms with E-state index in [1.165, 1.54) is 13.0 Å². The fourth-order valence-electron chi connectivity index (χ4n) is 0.925. The third kappa shape index (κ3) is 6.62. The van der Waals surface area contributed by atoms with Crippen LogP contribution in [0, 0.1) is 5.41 Å². The van der Waals surface area contributed by atoms with Gasteiger partial charge in [0.25, 0.3) is 0 Å². The molecule has 0 radical (unpaired) electrons. The first kappa shape index (κ1) is 15.2. The Morgan fingerprint density at radius 3 is 2.69 bits per heavy atom. The van der Waals surface area contributed by atoms with E-state index in [0.29, 0.717) is 12.8 Å². The van der Waals surface area contributed by atoms with Gasteiger partial charge in [-0.25, -0.2) is 0 Å². The van der Waals surface area contributed by atoms with Gasteiger partial charge >= 0.3 is 103 Å². The average molecular weight is 292 g/mol. The van der Waals surface area contributed by atoms with Gasteiger partial charge in [-0.15, -0.1) is 0 Å². The Balaban J connectivity index is 4.00. The number of carboxylic acid groups (broad SMARTS) is 1. The fraction of sp³-hybridized carbons (Fsp3) is 0.600. The molecule has 0 rings (SSSR count). The van der Waals surface area contributed by atoms with Gasteiger partial charge in [0.05, 0.1) is 0 Å². The van der Waals surface area contributed by atoms with Crippen molar-refractivity contribution in [2.24, 2.45) is 0 Å². The molecule has 3 N–H and O–H groups in total. The number of amidine groups is 1. The number of nitrogens with one attached hydrogen (secondary N) is 2. The summed E-state index contributed by atoms with van der Waals surface area (Å²) in [5, 5.41) is 18.4. The monoisotopic (exact) mass is 292 g/mol. The molecule has 0 fully saturated rings. The third-order valence-electron chi connectivity index (χ3n) is 2.04. The number of carboxylic acids is 1. The zero-order chi connectivity index (χ0) is 12.8. The molecule has 0 amide bonds. The number of allylic oxidation sites excluding steroid dienone is 1. The molecule has 0 heterocycles. The second kappa shape index (κ2) is 6.69. The van der Waals surface area contributed by atoms with Crippen LogP contribution in [0.5, 0.6) is 0 Å². The Morgan fingerprint density at radius 1 is 1.69 bits per heavy atom. The van der Waals surface area contributed by atoms with Gasteiger partial charge in [0.1, 0.15) is 0 Å². The molecule has 16 heavy (non-hydrogen) atoms. The number of aliphatic carboxylic acids is 1. The summed E-state index contributed by atoms with van der Waals surface area (Å²) in [6.07, 6.45) is 2.18. The van der Waals surface area contributed by atoms with Crippen molar-refractivity contribution in [2.75, 3.05) is 6.54 Å². The molecule has 2 atom stereocenters. The third-order valence-corrected chi connectivity index (χ3v) is 3.16. The number of halogens is 1. The summed E-state index contributed by atoms with van der Waals surface area (Å²) in [7, 11) is 0.